The third kappa shape index (κ3) is 16.0. The summed E-state index contributed by atoms with van der Waals surface area (Å²) in [6.07, 6.45) is 7.18. The van der Waals surface area contributed by atoms with Crippen molar-refractivity contribution in [1.82, 2.24) is 0 Å². The highest BCUT2D eigenvalue weighted by Gasteiger charge is 2.09. The average Bonchev–Trinajstić information content (AvgIpc) is 2.46. The summed E-state index contributed by atoms with van der Waals surface area (Å²) in [5, 5.41) is 0. The lowest BCUT2D eigenvalue weighted by Crippen LogP contribution is -2.12. The topological polar surface area (TPSA) is 43.4 Å². The van der Waals surface area contributed by atoms with Gasteiger partial charge >= 0.3 is 11.9 Å². The minimum absolute atomic E-state index is 0.357. The Kier molecular flexibility index (Phi) is 16.1. The van der Waals surface area contributed by atoms with E-state index in [-0.39, 0.29) is 11.9 Å². The molecular formula is C16H30O3S2. The van der Waals surface area contributed by atoms with Gasteiger partial charge in [0.05, 0.1) is 0 Å². The minimum atomic E-state index is -0.366. The lowest BCUT2D eigenvalue weighted by molar-refractivity contribution is -0.159. The van der Waals surface area contributed by atoms with Crippen LogP contribution < -0.4 is 0 Å². The van der Waals surface area contributed by atoms with Crippen molar-refractivity contribution in [2.75, 3.05) is 23.0 Å². The molecule has 0 bridgehead atoms. The fraction of sp³-hybridized carbons (Fsp3) is 0.875. The molecule has 0 amide bonds. The van der Waals surface area contributed by atoms with Crippen molar-refractivity contribution in [2.24, 2.45) is 0 Å². The van der Waals surface area contributed by atoms with Crippen molar-refractivity contribution in [3.05, 3.63) is 0 Å². The van der Waals surface area contributed by atoms with Crippen LogP contribution in [0.15, 0.2) is 0 Å². The summed E-state index contributed by atoms with van der Waals surface area (Å²) < 4.78 is 4.81. The zero-order chi connectivity index (χ0) is 15.8. The van der Waals surface area contributed by atoms with Gasteiger partial charge in [-0.2, -0.15) is 23.5 Å². The predicted molar refractivity (Wildman–Crippen MR) is 94.0 cm³/mol. The molecule has 0 aromatic rings. The van der Waals surface area contributed by atoms with Crippen LogP contribution in [0.4, 0.5) is 0 Å². The van der Waals surface area contributed by atoms with Gasteiger partial charge in [-0.3, -0.25) is 9.59 Å². The van der Waals surface area contributed by atoms with Crippen molar-refractivity contribution in [2.45, 2.75) is 65.2 Å². The standard InChI is InChI=1S/C16H30O3S2/c1-3-5-11-20-13-7-9-15(17)19-16(18)10-8-14-21-12-6-4-2/h3-14H2,1-2H3. The van der Waals surface area contributed by atoms with E-state index in [0.29, 0.717) is 12.8 Å². The first-order valence-electron chi connectivity index (χ1n) is 8.09. The smallest absolute Gasteiger partial charge is 0.313 e. The van der Waals surface area contributed by atoms with Crippen LogP contribution in [0.5, 0.6) is 0 Å². The molecule has 0 radical (unpaired) electrons. The van der Waals surface area contributed by atoms with E-state index in [1.807, 2.05) is 23.5 Å². The number of hydrogen-bond acceptors (Lipinski definition) is 5. The minimum Gasteiger partial charge on any atom is -0.393 e. The zero-order valence-corrected chi connectivity index (χ0v) is 15.2. The highest BCUT2D eigenvalue weighted by Crippen LogP contribution is 2.10. The predicted octanol–water partition coefficient (Wildman–Crippen LogP) is 4.68. The normalized spacial score (nSPS) is 10.6. The van der Waals surface area contributed by atoms with Crippen molar-refractivity contribution >= 4 is 35.5 Å². The van der Waals surface area contributed by atoms with E-state index in [4.69, 9.17) is 4.74 Å². The monoisotopic (exact) mass is 334 g/mol. The van der Waals surface area contributed by atoms with E-state index in [1.165, 1.54) is 25.7 Å². The summed E-state index contributed by atoms with van der Waals surface area (Å²) in [5.41, 5.74) is 0. The Morgan fingerprint density at radius 2 is 1.10 bits per heavy atom. The Balaban J connectivity index is 3.38. The Morgan fingerprint density at radius 3 is 1.48 bits per heavy atom. The maximum atomic E-state index is 11.5. The first kappa shape index (κ1) is 20.8. The zero-order valence-electron chi connectivity index (χ0n) is 13.5. The molecule has 0 aliphatic carbocycles. The Bertz CT molecular complexity index is 244. The second-order valence-electron chi connectivity index (χ2n) is 4.99. The number of rotatable bonds is 14. The van der Waals surface area contributed by atoms with Gasteiger partial charge in [-0.25, -0.2) is 0 Å². The number of thioether (sulfide) groups is 2. The fourth-order valence-corrected chi connectivity index (χ4v) is 3.65. The van der Waals surface area contributed by atoms with E-state index in [0.717, 1.165) is 35.9 Å². The lowest BCUT2D eigenvalue weighted by atomic mass is 10.3. The van der Waals surface area contributed by atoms with Gasteiger partial charge in [0.2, 0.25) is 0 Å². The molecule has 0 aromatic carbocycles. The van der Waals surface area contributed by atoms with Gasteiger partial charge in [-0.1, -0.05) is 26.7 Å². The Labute approximate surface area is 138 Å². The highest BCUT2D eigenvalue weighted by molar-refractivity contribution is 7.99. The molecule has 0 unspecified atom stereocenters. The number of carbonyl (C=O) groups is 2. The lowest BCUT2D eigenvalue weighted by Gasteiger charge is -2.04. The van der Waals surface area contributed by atoms with Crippen molar-refractivity contribution < 1.29 is 14.3 Å². The van der Waals surface area contributed by atoms with E-state index in [2.05, 4.69) is 13.8 Å². The summed E-state index contributed by atoms with van der Waals surface area (Å²) in [7, 11) is 0. The van der Waals surface area contributed by atoms with Crippen LogP contribution in [-0.2, 0) is 14.3 Å². The molecule has 0 saturated heterocycles. The van der Waals surface area contributed by atoms with Crippen LogP contribution in [0.2, 0.25) is 0 Å². The molecule has 124 valence electrons. The third-order valence-corrected chi connectivity index (χ3v) is 5.16. The number of ether oxygens (including phenoxy) is 1. The largest absolute Gasteiger partial charge is 0.393 e. The maximum absolute atomic E-state index is 11.5. The molecule has 0 aliphatic heterocycles. The summed E-state index contributed by atoms with van der Waals surface area (Å²) in [6.45, 7) is 4.34. The van der Waals surface area contributed by atoms with Crippen LogP contribution in [0.1, 0.15) is 65.2 Å². The number of carbonyl (C=O) groups excluding carboxylic acids is 2. The molecule has 21 heavy (non-hydrogen) atoms. The second kappa shape index (κ2) is 16.2. The molecule has 0 N–H and O–H groups in total. The summed E-state index contributed by atoms with van der Waals surface area (Å²) in [6, 6.07) is 0. The van der Waals surface area contributed by atoms with Crippen LogP contribution in [0.3, 0.4) is 0 Å². The number of unbranched alkanes of at least 4 members (excludes halogenated alkanes) is 2. The molecule has 0 spiro atoms. The fourth-order valence-electron chi connectivity index (χ4n) is 1.56. The highest BCUT2D eigenvalue weighted by atomic mass is 32.2. The van der Waals surface area contributed by atoms with Crippen LogP contribution in [0, 0.1) is 0 Å². The summed E-state index contributed by atoms with van der Waals surface area (Å²) in [4.78, 5) is 22.9. The third-order valence-electron chi connectivity index (χ3n) is 2.85. The van der Waals surface area contributed by atoms with Crippen LogP contribution >= 0.6 is 23.5 Å². The van der Waals surface area contributed by atoms with Gasteiger partial charge in [0, 0.05) is 12.8 Å². The quantitative estimate of drug-likeness (QED) is 0.262. The molecule has 0 aliphatic rings. The molecule has 0 heterocycles. The van der Waals surface area contributed by atoms with E-state index < -0.39 is 0 Å². The molecule has 0 aromatic heterocycles. The average molecular weight is 335 g/mol. The SMILES string of the molecule is CCCCSCCCC(=O)OC(=O)CCCSCCCC. The molecule has 0 atom stereocenters. The Morgan fingerprint density at radius 1 is 0.714 bits per heavy atom. The van der Waals surface area contributed by atoms with Crippen molar-refractivity contribution in [3.8, 4) is 0 Å². The molecule has 0 fully saturated rings. The summed E-state index contributed by atoms with van der Waals surface area (Å²) in [5.74, 6) is 3.51. The Hall–Kier alpha value is -0.160. The molecule has 0 rings (SSSR count). The number of hydrogen-bond donors (Lipinski definition) is 0. The second-order valence-corrected chi connectivity index (χ2v) is 7.43. The molecule has 3 nitrogen and oxygen atoms in total. The van der Waals surface area contributed by atoms with Crippen molar-refractivity contribution in [3.63, 3.8) is 0 Å². The van der Waals surface area contributed by atoms with Gasteiger partial charge in [0.25, 0.3) is 0 Å². The van der Waals surface area contributed by atoms with Gasteiger partial charge in [0.1, 0.15) is 0 Å². The first-order valence-corrected chi connectivity index (χ1v) is 10.4. The molecule has 0 saturated carbocycles. The van der Waals surface area contributed by atoms with E-state index >= 15 is 0 Å². The first-order chi connectivity index (χ1) is 10.2. The van der Waals surface area contributed by atoms with Gasteiger partial charge in [-0.05, 0) is 48.7 Å². The maximum Gasteiger partial charge on any atom is 0.313 e. The number of esters is 2. The van der Waals surface area contributed by atoms with E-state index in [1.54, 1.807) is 0 Å². The van der Waals surface area contributed by atoms with Crippen LogP contribution in [-0.4, -0.2) is 35.0 Å². The van der Waals surface area contributed by atoms with Crippen LogP contribution in [0.25, 0.3) is 0 Å². The molecule has 5 heteroatoms. The van der Waals surface area contributed by atoms with Crippen molar-refractivity contribution in [1.29, 1.82) is 0 Å². The summed E-state index contributed by atoms with van der Waals surface area (Å²) >= 11 is 3.73. The van der Waals surface area contributed by atoms with Gasteiger partial charge in [0.15, 0.2) is 0 Å². The van der Waals surface area contributed by atoms with Gasteiger partial charge < -0.3 is 4.74 Å². The van der Waals surface area contributed by atoms with Gasteiger partial charge in [-0.15, -0.1) is 0 Å². The molecular weight excluding hydrogens is 304 g/mol. The van der Waals surface area contributed by atoms with E-state index in [9.17, 15) is 9.59 Å².